The first-order chi connectivity index (χ1) is 7.74. The molecular weight excluding hydrogens is 213 g/mol. The minimum absolute atomic E-state index is 0. The van der Waals surface area contributed by atoms with Gasteiger partial charge in [0.2, 0.25) is 0 Å². The minimum Gasteiger partial charge on any atom is -0.313 e. The summed E-state index contributed by atoms with van der Waals surface area (Å²) < 4.78 is 13.0. The van der Waals surface area contributed by atoms with Crippen molar-refractivity contribution in [3.63, 3.8) is 0 Å². The van der Waals surface area contributed by atoms with Crippen LogP contribution >= 0.6 is 0 Å². The maximum Gasteiger partial charge on any atom is 0.126 e. The lowest BCUT2D eigenvalue weighted by molar-refractivity contribution is 0.613. The molecule has 0 bridgehead atoms. The molecule has 0 fully saturated rings. The van der Waals surface area contributed by atoms with E-state index in [4.69, 9.17) is 0 Å². The normalized spacial score (nSPS) is 7.94. The van der Waals surface area contributed by atoms with E-state index in [-0.39, 0.29) is 13.2 Å². The number of halogens is 1. The van der Waals surface area contributed by atoms with E-state index in [0.717, 1.165) is 18.7 Å². The Bertz CT molecular complexity index is 259. The van der Waals surface area contributed by atoms with Crippen molar-refractivity contribution < 1.29 is 4.39 Å². The Balaban J connectivity index is -0.000000355. The number of hydrogen-bond donors (Lipinski definition) is 1. The van der Waals surface area contributed by atoms with Crippen molar-refractivity contribution in [3.8, 4) is 0 Å². The molecule has 0 spiro atoms. The van der Waals surface area contributed by atoms with E-state index >= 15 is 0 Å². The van der Waals surface area contributed by atoms with Gasteiger partial charge in [-0.15, -0.1) is 0 Å². The van der Waals surface area contributed by atoms with Crippen molar-refractivity contribution in [2.24, 2.45) is 0 Å². The van der Waals surface area contributed by atoms with Gasteiger partial charge in [-0.1, -0.05) is 54.2 Å². The molecule has 0 atom stereocenters. The van der Waals surface area contributed by atoms with Crippen LogP contribution in [0.5, 0.6) is 0 Å². The van der Waals surface area contributed by atoms with E-state index in [1.54, 1.807) is 13.0 Å². The molecule has 0 aliphatic carbocycles. The topological polar surface area (TPSA) is 12.0 Å². The van der Waals surface area contributed by atoms with Crippen molar-refractivity contribution in [2.45, 2.75) is 55.5 Å². The fourth-order valence-corrected chi connectivity index (χ4v) is 1.02. The van der Waals surface area contributed by atoms with Gasteiger partial charge in [-0.2, -0.15) is 0 Å². The lowest BCUT2D eigenvalue weighted by Crippen LogP contribution is -2.11. The first-order valence-electron chi connectivity index (χ1n) is 6.19. The van der Waals surface area contributed by atoms with Gasteiger partial charge >= 0.3 is 0 Å². The van der Waals surface area contributed by atoms with Crippen LogP contribution in [0, 0.1) is 12.7 Å². The van der Waals surface area contributed by atoms with Gasteiger partial charge in [-0.05, 0) is 30.7 Å². The van der Waals surface area contributed by atoms with Gasteiger partial charge < -0.3 is 5.32 Å². The second-order valence-corrected chi connectivity index (χ2v) is 2.86. The van der Waals surface area contributed by atoms with Gasteiger partial charge in [0.25, 0.3) is 0 Å². The first kappa shape index (κ1) is 21.4. The van der Waals surface area contributed by atoms with E-state index < -0.39 is 0 Å². The van der Waals surface area contributed by atoms with Crippen LogP contribution in [0.4, 0.5) is 4.39 Å². The first-order valence-corrected chi connectivity index (χ1v) is 6.19. The van der Waals surface area contributed by atoms with E-state index in [0.29, 0.717) is 5.56 Å². The van der Waals surface area contributed by atoms with Crippen molar-refractivity contribution in [1.82, 2.24) is 5.32 Å². The maximum atomic E-state index is 13.0. The van der Waals surface area contributed by atoms with Gasteiger partial charge in [-0.25, -0.2) is 4.39 Å². The zero-order valence-corrected chi connectivity index (χ0v) is 11.5. The number of nitrogens with one attached hydrogen (secondary N) is 1. The molecule has 1 aromatic carbocycles. The molecule has 0 amide bonds. The summed E-state index contributed by atoms with van der Waals surface area (Å²) in [7, 11) is 0. The highest BCUT2D eigenvalue weighted by Crippen LogP contribution is 2.08. The molecule has 102 valence electrons. The van der Waals surface area contributed by atoms with Gasteiger partial charge in [0.05, 0.1) is 0 Å². The highest BCUT2D eigenvalue weighted by atomic mass is 19.1. The number of hydrogen-bond acceptors (Lipinski definition) is 1. The van der Waals surface area contributed by atoms with Crippen LogP contribution in [0.3, 0.4) is 0 Å². The highest BCUT2D eigenvalue weighted by Gasteiger charge is 1.97. The lowest BCUT2D eigenvalue weighted by atomic mass is 10.1. The molecule has 0 radical (unpaired) electrons. The molecule has 0 saturated carbocycles. The van der Waals surface area contributed by atoms with E-state index in [2.05, 4.69) is 5.32 Å². The van der Waals surface area contributed by atoms with Gasteiger partial charge in [0.1, 0.15) is 5.82 Å². The standard InChI is InChI=1S/C10H14FN.2C2H6.CH4/c1-3-12-7-9-5-4-8(2)10(11)6-9;2*1-2;/h4-6,12H,3,7H2,1-2H3;2*1-2H3;1H4. The summed E-state index contributed by atoms with van der Waals surface area (Å²) in [6, 6.07) is 5.33. The van der Waals surface area contributed by atoms with Gasteiger partial charge in [0, 0.05) is 6.54 Å². The molecule has 0 aliphatic heterocycles. The molecule has 0 aromatic heterocycles. The molecule has 2 heteroatoms. The number of aryl methyl sites for hydroxylation is 1. The smallest absolute Gasteiger partial charge is 0.126 e. The maximum absolute atomic E-state index is 13.0. The molecule has 1 N–H and O–H groups in total. The predicted molar refractivity (Wildman–Crippen MR) is 77.9 cm³/mol. The molecule has 1 rings (SSSR count). The molecular formula is C15H30FN. The van der Waals surface area contributed by atoms with Crippen LogP contribution in [0.2, 0.25) is 0 Å². The summed E-state index contributed by atoms with van der Waals surface area (Å²) in [6.07, 6.45) is 0. The Morgan fingerprint density at radius 3 is 2.06 bits per heavy atom. The van der Waals surface area contributed by atoms with Gasteiger partial charge in [0.15, 0.2) is 0 Å². The quantitative estimate of drug-likeness (QED) is 0.793. The summed E-state index contributed by atoms with van der Waals surface area (Å²) in [5.41, 5.74) is 1.70. The lowest BCUT2D eigenvalue weighted by Gasteiger charge is -2.03. The van der Waals surface area contributed by atoms with Crippen LogP contribution in [0.1, 0.15) is 53.2 Å². The average Bonchev–Trinajstić information content (AvgIpc) is 2.36. The largest absolute Gasteiger partial charge is 0.313 e. The third-order valence-corrected chi connectivity index (χ3v) is 1.82. The molecule has 1 nitrogen and oxygen atoms in total. The fourth-order valence-electron chi connectivity index (χ4n) is 1.02. The van der Waals surface area contributed by atoms with Crippen LogP contribution in [0.25, 0.3) is 0 Å². The van der Waals surface area contributed by atoms with Crippen LogP contribution < -0.4 is 5.32 Å². The number of rotatable bonds is 3. The van der Waals surface area contributed by atoms with Crippen LogP contribution in [-0.2, 0) is 6.54 Å². The summed E-state index contributed by atoms with van der Waals surface area (Å²) in [4.78, 5) is 0. The summed E-state index contributed by atoms with van der Waals surface area (Å²) in [5.74, 6) is -0.120. The highest BCUT2D eigenvalue weighted by molar-refractivity contribution is 5.23. The molecule has 0 unspecified atom stereocenters. The Kier molecular flexibility index (Phi) is 19.0. The Morgan fingerprint density at radius 1 is 1.12 bits per heavy atom. The third kappa shape index (κ3) is 10.0. The second-order valence-electron chi connectivity index (χ2n) is 2.86. The summed E-state index contributed by atoms with van der Waals surface area (Å²) in [6.45, 7) is 13.5. The molecule has 1 aromatic rings. The fraction of sp³-hybridized carbons (Fsp3) is 0.600. The van der Waals surface area contributed by atoms with Crippen molar-refractivity contribution in [2.75, 3.05) is 6.54 Å². The van der Waals surface area contributed by atoms with E-state index in [9.17, 15) is 4.39 Å². The summed E-state index contributed by atoms with van der Waals surface area (Å²) >= 11 is 0. The second kappa shape index (κ2) is 15.1. The van der Waals surface area contributed by atoms with Crippen LogP contribution in [-0.4, -0.2) is 6.54 Å². The third-order valence-electron chi connectivity index (χ3n) is 1.82. The Labute approximate surface area is 107 Å². The zero-order valence-electron chi connectivity index (χ0n) is 11.5. The monoisotopic (exact) mass is 243 g/mol. The predicted octanol–water partition coefficient (Wildman–Crippen LogP) is 4.93. The Hall–Kier alpha value is -0.890. The molecule has 0 heterocycles. The number of benzene rings is 1. The molecule has 0 aliphatic rings. The Morgan fingerprint density at radius 2 is 1.65 bits per heavy atom. The minimum atomic E-state index is -0.120. The van der Waals surface area contributed by atoms with Crippen molar-refractivity contribution in [3.05, 3.63) is 35.1 Å². The van der Waals surface area contributed by atoms with Crippen molar-refractivity contribution in [1.29, 1.82) is 0 Å². The summed E-state index contributed by atoms with van der Waals surface area (Å²) in [5, 5.41) is 3.14. The van der Waals surface area contributed by atoms with Gasteiger partial charge in [-0.3, -0.25) is 0 Å². The average molecular weight is 243 g/mol. The van der Waals surface area contributed by atoms with Crippen molar-refractivity contribution >= 4 is 0 Å². The molecule has 17 heavy (non-hydrogen) atoms. The molecule has 0 saturated heterocycles. The SMILES string of the molecule is C.CC.CC.CCNCc1ccc(C)c(F)c1. The van der Waals surface area contributed by atoms with E-state index in [1.165, 1.54) is 0 Å². The van der Waals surface area contributed by atoms with E-state index in [1.807, 2.05) is 46.8 Å². The zero-order chi connectivity index (χ0) is 13.0. The van der Waals surface area contributed by atoms with Crippen LogP contribution in [0.15, 0.2) is 18.2 Å².